The van der Waals surface area contributed by atoms with Crippen LogP contribution >= 0.6 is 11.8 Å². The second-order valence-corrected chi connectivity index (χ2v) is 9.71. The van der Waals surface area contributed by atoms with E-state index in [1.54, 1.807) is 31.5 Å². The van der Waals surface area contributed by atoms with Gasteiger partial charge in [-0.15, -0.1) is 11.8 Å². The van der Waals surface area contributed by atoms with Crippen LogP contribution in [-0.2, 0) is 22.4 Å². The molecule has 2 aliphatic rings. The van der Waals surface area contributed by atoms with Crippen molar-refractivity contribution in [1.82, 2.24) is 15.2 Å². The van der Waals surface area contributed by atoms with Gasteiger partial charge < -0.3 is 19.7 Å². The molecule has 1 fully saturated rings. The third-order valence-corrected chi connectivity index (χ3v) is 7.66. The summed E-state index contributed by atoms with van der Waals surface area (Å²) in [5.41, 5.74) is 1.75. The number of hydrogen-bond acceptors (Lipinski definition) is 7. The van der Waals surface area contributed by atoms with Crippen LogP contribution in [0.15, 0.2) is 53.8 Å². The molecule has 2 amide bonds. The Morgan fingerprint density at radius 1 is 1.29 bits per heavy atom. The number of carbonyl (C=O) groups excluding carboxylic acids is 2. The van der Waals surface area contributed by atoms with Gasteiger partial charge in [0.15, 0.2) is 0 Å². The van der Waals surface area contributed by atoms with E-state index < -0.39 is 0 Å². The van der Waals surface area contributed by atoms with Gasteiger partial charge in [0.25, 0.3) is 0 Å². The fraction of sp³-hybridized carbons (Fsp3) is 0.385. The Morgan fingerprint density at radius 3 is 2.86 bits per heavy atom. The fourth-order valence-electron chi connectivity index (χ4n) is 4.45. The van der Waals surface area contributed by atoms with E-state index in [9.17, 15) is 14.9 Å². The van der Waals surface area contributed by atoms with E-state index in [0.717, 1.165) is 16.0 Å². The van der Waals surface area contributed by atoms with Gasteiger partial charge in [0.1, 0.15) is 11.5 Å². The zero-order chi connectivity index (χ0) is 24.8. The third-order valence-electron chi connectivity index (χ3n) is 6.31. The second kappa shape index (κ2) is 11.3. The van der Waals surface area contributed by atoms with Gasteiger partial charge in [0, 0.05) is 42.4 Å². The average Bonchev–Trinajstić information content (AvgIpc) is 3.23. The summed E-state index contributed by atoms with van der Waals surface area (Å²) in [5.74, 6) is 0.967. The largest absolute Gasteiger partial charge is 0.497 e. The Balaban J connectivity index is 1.37. The minimum absolute atomic E-state index is 0.00206. The highest BCUT2D eigenvalue weighted by Crippen LogP contribution is 2.48. The number of pyridine rings is 1. The number of aryl methyl sites for hydroxylation is 1. The van der Waals surface area contributed by atoms with Crippen LogP contribution in [0.4, 0.5) is 0 Å². The van der Waals surface area contributed by atoms with Crippen LogP contribution in [0.2, 0.25) is 0 Å². The summed E-state index contributed by atoms with van der Waals surface area (Å²) in [5, 5.41) is 12.5. The highest BCUT2D eigenvalue weighted by Gasteiger charge is 2.43. The number of allylic oxidation sites excluding steroid dienone is 1. The van der Waals surface area contributed by atoms with Crippen molar-refractivity contribution in [3.8, 4) is 17.6 Å². The summed E-state index contributed by atoms with van der Waals surface area (Å²) >= 11 is 1.47. The van der Waals surface area contributed by atoms with Gasteiger partial charge in [-0.1, -0.05) is 6.07 Å². The molecule has 1 aromatic heterocycles. The maximum absolute atomic E-state index is 12.8. The zero-order valence-corrected chi connectivity index (χ0v) is 20.6. The summed E-state index contributed by atoms with van der Waals surface area (Å²) < 4.78 is 10.7. The SMILES string of the molecule is COc1ccc(OC)c(CCC(=O)NC2SC3=CN(C(=O)Cc4cccnc4)CCC3C2C#N)c1. The van der Waals surface area contributed by atoms with Crippen LogP contribution in [0, 0.1) is 23.2 Å². The molecule has 0 aliphatic carbocycles. The van der Waals surface area contributed by atoms with Crippen molar-refractivity contribution in [2.45, 2.75) is 31.1 Å². The molecule has 0 saturated carbocycles. The summed E-state index contributed by atoms with van der Waals surface area (Å²) in [6, 6.07) is 11.6. The first-order valence-electron chi connectivity index (χ1n) is 11.5. The van der Waals surface area contributed by atoms with Crippen LogP contribution in [-0.4, -0.2) is 47.8 Å². The van der Waals surface area contributed by atoms with Crippen LogP contribution in [0.25, 0.3) is 0 Å². The Bertz CT molecular complexity index is 1150. The van der Waals surface area contributed by atoms with Crippen molar-refractivity contribution in [3.63, 3.8) is 0 Å². The van der Waals surface area contributed by atoms with Gasteiger partial charge in [-0.25, -0.2) is 0 Å². The number of aromatic nitrogens is 1. The van der Waals surface area contributed by atoms with Crippen LogP contribution in [0.1, 0.15) is 24.0 Å². The predicted molar refractivity (Wildman–Crippen MR) is 132 cm³/mol. The number of benzene rings is 1. The molecular weight excluding hydrogens is 464 g/mol. The molecule has 9 heteroatoms. The van der Waals surface area contributed by atoms with E-state index in [-0.39, 0.29) is 41.9 Å². The monoisotopic (exact) mass is 492 g/mol. The van der Waals surface area contributed by atoms with Crippen molar-refractivity contribution in [2.75, 3.05) is 20.8 Å². The van der Waals surface area contributed by atoms with E-state index in [1.165, 1.54) is 11.8 Å². The van der Waals surface area contributed by atoms with Crippen molar-refractivity contribution in [1.29, 1.82) is 5.26 Å². The Labute approximate surface area is 209 Å². The third kappa shape index (κ3) is 5.77. The maximum atomic E-state index is 12.8. The Kier molecular flexibility index (Phi) is 7.93. The normalized spacial score (nSPS) is 20.9. The maximum Gasteiger partial charge on any atom is 0.231 e. The number of methoxy groups -OCH3 is 2. The minimum atomic E-state index is -0.343. The zero-order valence-electron chi connectivity index (χ0n) is 19.8. The molecular formula is C26H28N4O4S. The van der Waals surface area contributed by atoms with Gasteiger partial charge >= 0.3 is 0 Å². The lowest BCUT2D eigenvalue weighted by Crippen LogP contribution is -2.38. The van der Waals surface area contributed by atoms with Gasteiger partial charge in [0.2, 0.25) is 11.8 Å². The minimum Gasteiger partial charge on any atom is -0.497 e. The molecule has 3 atom stereocenters. The first-order valence-corrected chi connectivity index (χ1v) is 12.4. The number of nitrogens with zero attached hydrogens (tertiary/aromatic N) is 3. The number of hydrogen-bond donors (Lipinski definition) is 1. The number of ether oxygens (including phenoxy) is 2. The Morgan fingerprint density at radius 2 is 2.14 bits per heavy atom. The van der Waals surface area contributed by atoms with Gasteiger partial charge in [-0.3, -0.25) is 14.6 Å². The lowest BCUT2D eigenvalue weighted by Gasteiger charge is -2.28. The van der Waals surface area contributed by atoms with Crippen molar-refractivity contribution in [3.05, 3.63) is 65.0 Å². The number of nitriles is 1. The molecule has 0 radical (unpaired) electrons. The number of rotatable bonds is 8. The molecule has 0 bridgehead atoms. The Hall–Kier alpha value is -3.51. The van der Waals surface area contributed by atoms with Crippen molar-refractivity contribution >= 4 is 23.6 Å². The summed E-state index contributed by atoms with van der Waals surface area (Å²) in [7, 11) is 3.19. The lowest BCUT2D eigenvalue weighted by molar-refractivity contribution is -0.128. The smallest absolute Gasteiger partial charge is 0.231 e. The number of nitrogens with one attached hydrogen (secondary N) is 1. The van der Waals surface area contributed by atoms with E-state index in [4.69, 9.17) is 9.47 Å². The number of thioether (sulfide) groups is 1. The van der Waals surface area contributed by atoms with Crippen LogP contribution in [0.5, 0.6) is 11.5 Å². The summed E-state index contributed by atoms with van der Waals surface area (Å²) in [6.45, 7) is 0.558. The number of carbonyl (C=O) groups is 2. The lowest BCUT2D eigenvalue weighted by atomic mass is 9.88. The topological polar surface area (TPSA) is 105 Å². The number of fused-ring (bicyclic) bond motifs is 1. The van der Waals surface area contributed by atoms with Crippen molar-refractivity contribution < 1.29 is 19.1 Å². The molecule has 4 rings (SSSR count). The highest BCUT2D eigenvalue weighted by atomic mass is 32.2. The summed E-state index contributed by atoms with van der Waals surface area (Å²) in [4.78, 5) is 32.3. The molecule has 1 saturated heterocycles. The highest BCUT2D eigenvalue weighted by molar-refractivity contribution is 8.04. The average molecular weight is 493 g/mol. The van der Waals surface area contributed by atoms with Gasteiger partial charge in [0.05, 0.1) is 38.0 Å². The standard InChI is InChI=1S/C26H28N4O4S/c1-33-19-6-7-22(34-2)18(13-19)5-8-24(31)29-26-21(14-27)20-9-11-30(16-23(20)35-26)25(32)12-17-4-3-10-28-15-17/h3-4,6-7,10,13,15-16,20-21,26H,5,8-9,11-12H2,1-2H3,(H,29,31). The molecule has 1 N–H and O–H groups in total. The van der Waals surface area contributed by atoms with Crippen LogP contribution < -0.4 is 14.8 Å². The molecule has 2 aromatic rings. The molecule has 0 spiro atoms. The second-order valence-electron chi connectivity index (χ2n) is 8.49. The first kappa shape index (κ1) is 24.6. The molecule has 8 nitrogen and oxygen atoms in total. The van der Waals surface area contributed by atoms with E-state index in [1.807, 2.05) is 36.5 Å². The summed E-state index contributed by atoms with van der Waals surface area (Å²) in [6.07, 6.45) is 6.96. The van der Waals surface area contributed by atoms with Gasteiger partial charge in [-0.2, -0.15) is 5.26 Å². The van der Waals surface area contributed by atoms with Crippen molar-refractivity contribution in [2.24, 2.45) is 11.8 Å². The van der Waals surface area contributed by atoms with Crippen LogP contribution in [0.3, 0.4) is 0 Å². The van der Waals surface area contributed by atoms with E-state index in [2.05, 4.69) is 16.4 Å². The molecule has 35 heavy (non-hydrogen) atoms. The van der Waals surface area contributed by atoms with E-state index in [0.29, 0.717) is 30.9 Å². The fourth-order valence-corrected chi connectivity index (χ4v) is 5.96. The van der Waals surface area contributed by atoms with Gasteiger partial charge in [-0.05, 0) is 48.2 Å². The van der Waals surface area contributed by atoms with E-state index >= 15 is 0 Å². The first-order chi connectivity index (χ1) is 17.0. The molecule has 182 valence electrons. The molecule has 1 aromatic carbocycles. The molecule has 2 aliphatic heterocycles. The molecule has 3 heterocycles. The quantitative estimate of drug-likeness (QED) is 0.603. The number of amides is 2. The predicted octanol–water partition coefficient (Wildman–Crippen LogP) is 3.29. The molecule has 3 unspecified atom stereocenters.